The number of aryl methyl sites for hydroxylation is 2. The van der Waals surface area contributed by atoms with E-state index in [1.807, 2.05) is 11.7 Å². The summed E-state index contributed by atoms with van der Waals surface area (Å²) in [6, 6.07) is 0. The third-order valence-corrected chi connectivity index (χ3v) is 4.66. The molecule has 0 spiro atoms. The molecule has 1 aromatic rings. The van der Waals surface area contributed by atoms with Crippen LogP contribution in [0.15, 0.2) is 4.47 Å². The molecule has 1 atom stereocenters. The monoisotopic (exact) mass is 336 g/mol. The van der Waals surface area contributed by atoms with Gasteiger partial charge in [-0.1, -0.05) is 29.8 Å². The van der Waals surface area contributed by atoms with E-state index in [9.17, 15) is 0 Å². The molecule has 0 aromatic carbocycles. The fourth-order valence-electron chi connectivity index (χ4n) is 1.55. The van der Waals surface area contributed by atoms with Crippen molar-refractivity contribution in [3.63, 3.8) is 0 Å². The Bertz CT molecular complexity index is 321. The summed E-state index contributed by atoms with van der Waals surface area (Å²) in [5, 5.41) is 5.56. The Hall–Kier alpha value is 0.170. The first kappa shape index (κ1) is 13.2. The molecule has 1 rings (SSSR count). The number of hydrogen-bond acceptors (Lipinski definition) is 1. The quantitative estimate of drug-likeness (QED) is 0.749. The van der Waals surface area contributed by atoms with Crippen molar-refractivity contribution in [3.05, 3.63) is 15.9 Å². The van der Waals surface area contributed by atoms with E-state index in [-0.39, 0.29) is 0 Å². The maximum atomic E-state index is 4.49. The van der Waals surface area contributed by atoms with Gasteiger partial charge in [0.15, 0.2) is 0 Å². The van der Waals surface area contributed by atoms with E-state index >= 15 is 0 Å². The lowest BCUT2D eigenvalue weighted by Gasteiger charge is -2.07. The number of hydrogen-bond donors (Lipinski definition) is 0. The van der Waals surface area contributed by atoms with E-state index in [0.29, 0.717) is 0 Å². The van der Waals surface area contributed by atoms with E-state index in [2.05, 4.69) is 50.8 Å². The Kier molecular flexibility index (Phi) is 5.33. The highest BCUT2D eigenvalue weighted by Crippen LogP contribution is 2.24. The minimum Gasteiger partial charge on any atom is -0.271 e. The summed E-state index contributed by atoms with van der Waals surface area (Å²) in [6.45, 7) is 4.40. The lowest BCUT2D eigenvalue weighted by Crippen LogP contribution is -2.03. The average molecular weight is 338 g/mol. The van der Waals surface area contributed by atoms with Gasteiger partial charge in [-0.05, 0) is 41.1 Å². The van der Waals surface area contributed by atoms with Gasteiger partial charge in [-0.25, -0.2) is 0 Å². The molecule has 0 aliphatic heterocycles. The van der Waals surface area contributed by atoms with Crippen LogP contribution in [0.1, 0.15) is 31.7 Å². The molecule has 2 nitrogen and oxygen atoms in total. The molecule has 0 radical (unpaired) electrons. The lowest BCUT2D eigenvalue weighted by atomic mass is 10.1. The van der Waals surface area contributed by atoms with Gasteiger partial charge in [-0.2, -0.15) is 5.10 Å². The largest absolute Gasteiger partial charge is 0.271 e. The van der Waals surface area contributed by atoms with Crippen LogP contribution < -0.4 is 0 Å². The summed E-state index contributed by atoms with van der Waals surface area (Å²) < 4.78 is 3.21. The molecule has 15 heavy (non-hydrogen) atoms. The second kappa shape index (κ2) is 6.04. The topological polar surface area (TPSA) is 17.8 Å². The second-order valence-electron chi connectivity index (χ2n) is 3.98. The SMILES string of the molecule is CCc1nn(C)c(CCC(C)CBr)c1Br. The Balaban J connectivity index is 2.72. The first-order valence-corrected chi connectivity index (χ1v) is 7.27. The van der Waals surface area contributed by atoms with Crippen LogP contribution in [-0.2, 0) is 19.9 Å². The Morgan fingerprint density at radius 3 is 2.60 bits per heavy atom. The maximum absolute atomic E-state index is 4.49. The molecule has 0 fully saturated rings. The van der Waals surface area contributed by atoms with Gasteiger partial charge in [0.05, 0.1) is 15.9 Å². The zero-order chi connectivity index (χ0) is 11.4. The van der Waals surface area contributed by atoms with Crippen LogP contribution in [0.4, 0.5) is 0 Å². The van der Waals surface area contributed by atoms with Crippen LogP contribution in [0.25, 0.3) is 0 Å². The van der Waals surface area contributed by atoms with E-state index < -0.39 is 0 Å². The zero-order valence-corrected chi connectivity index (χ0v) is 12.7. The summed E-state index contributed by atoms with van der Waals surface area (Å²) in [4.78, 5) is 0. The molecule has 0 N–H and O–H groups in total. The molecule has 0 saturated heterocycles. The lowest BCUT2D eigenvalue weighted by molar-refractivity contribution is 0.573. The normalized spacial score (nSPS) is 13.1. The first-order valence-electron chi connectivity index (χ1n) is 5.36. The molecule has 0 amide bonds. The van der Waals surface area contributed by atoms with Gasteiger partial charge < -0.3 is 0 Å². The van der Waals surface area contributed by atoms with Crippen LogP contribution in [0.2, 0.25) is 0 Å². The van der Waals surface area contributed by atoms with E-state index in [1.54, 1.807) is 0 Å². The maximum Gasteiger partial charge on any atom is 0.0766 e. The molecule has 0 aliphatic carbocycles. The summed E-state index contributed by atoms with van der Waals surface area (Å²) >= 11 is 7.15. The number of aromatic nitrogens is 2. The molecule has 0 bridgehead atoms. The fourth-order valence-corrected chi connectivity index (χ4v) is 2.69. The van der Waals surface area contributed by atoms with Gasteiger partial charge >= 0.3 is 0 Å². The van der Waals surface area contributed by atoms with Crippen molar-refractivity contribution < 1.29 is 0 Å². The van der Waals surface area contributed by atoms with Crippen molar-refractivity contribution >= 4 is 31.9 Å². The predicted octanol–water partition coefficient (Wildman–Crippen LogP) is 3.71. The fraction of sp³-hybridized carbons (Fsp3) is 0.727. The Labute approximate surface area is 109 Å². The molecule has 0 aliphatic rings. The summed E-state index contributed by atoms with van der Waals surface area (Å²) in [5.41, 5.74) is 2.48. The Morgan fingerprint density at radius 1 is 1.47 bits per heavy atom. The number of nitrogens with zero attached hydrogens (tertiary/aromatic N) is 2. The molecule has 1 heterocycles. The van der Waals surface area contributed by atoms with Gasteiger partial charge in [0.25, 0.3) is 0 Å². The number of halogens is 2. The summed E-state index contributed by atoms with van der Waals surface area (Å²) in [7, 11) is 2.03. The molecule has 4 heteroatoms. The highest BCUT2D eigenvalue weighted by atomic mass is 79.9. The van der Waals surface area contributed by atoms with Crippen molar-refractivity contribution in [3.8, 4) is 0 Å². The van der Waals surface area contributed by atoms with Crippen LogP contribution in [0, 0.1) is 5.92 Å². The third kappa shape index (κ3) is 3.31. The van der Waals surface area contributed by atoms with Crippen LogP contribution in [-0.4, -0.2) is 15.1 Å². The van der Waals surface area contributed by atoms with Crippen molar-refractivity contribution in [2.45, 2.75) is 33.1 Å². The van der Waals surface area contributed by atoms with Gasteiger partial charge in [0, 0.05) is 12.4 Å². The van der Waals surface area contributed by atoms with E-state index in [0.717, 1.165) is 24.1 Å². The van der Waals surface area contributed by atoms with Gasteiger partial charge in [0.1, 0.15) is 0 Å². The molecular weight excluding hydrogens is 320 g/mol. The van der Waals surface area contributed by atoms with Crippen molar-refractivity contribution in [1.29, 1.82) is 0 Å². The van der Waals surface area contributed by atoms with Crippen LogP contribution in [0.5, 0.6) is 0 Å². The van der Waals surface area contributed by atoms with E-state index in [4.69, 9.17) is 0 Å². The van der Waals surface area contributed by atoms with Crippen LogP contribution in [0.3, 0.4) is 0 Å². The van der Waals surface area contributed by atoms with E-state index in [1.165, 1.54) is 22.3 Å². The number of alkyl halides is 1. The van der Waals surface area contributed by atoms with Gasteiger partial charge in [0.2, 0.25) is 0 Å². The van der Waals surface area contributed by atoms with Crippen LogP contribution >= 0.6 is 31.9 Å². The molecule has 1 unspecified atom stereocenters. The molecule has 86 valence electrons. The van der Waals surface area contributed by atoms with Crippen molar-refractivity contribution in [2.24, 2.45) is 13.0 Å². The van der Waals surface area contributed by atoms with Crippen molar-refractivity contribution in [2.75, 3.05) is 5.33 Å². The average Bonchev–Trinajstić information content (AvgIpc) is 2.51. The summed E-state index contributed by atoms with van der Waals surface area (Å²) in [5.74, 6) is 0.719. The molecule has 1 aromatic heterocycles. The predicted molar refractivity (Wildman–Crippen MR) is 71.6 cm³/mol. The molecule has 0 saturated carbocycles. The number of rotatable bonds is 5. The van der Waals surface area contributed by atoms with Gasteiger partial charge in [-0.15, -0.1) is 0 Å². The minimum absolute atomic E-state index is 0.719. The second-order valence-corrected chi connectivity index (χ2v) is 5.42. The smallest absolute Gasteiger partial charge is 0.0766 e. The third-order valence-electron chi connectivity index (χ3n) is 2.64. The highest BCUT2D eigenvalue weighted by molar-refractivity contribution is 9.10. The minimum atomic E-state index is 0.719. The standard InChI is InChI=1S/C11H18Br2N2/c1-4-9-11(13)10(15(3)14-9)6-5-8(2)7-12/h8H,4-7H2,1-3H3. The first-order chi connectivity index (χ1) is 7.10. The molecular formula is C11H18Br2N2. The summed E-state index contributed by atoms with van der Waals surface area (Å²) in [6.07, 6.45) is 3.28. The Morgan fingerprint density at radius 2 is 2.13 bits per heavy atom. The van der Waals surface area contributed by atoms with Gasteiger partial charge in [-0.3, -0.25) is 4.68 Å². The zero-order valence-electron chi connectivity index (χ0n) is 9.56. The highest BCUT2D eigenvalue weighted by Gasteiger charge is 2.12. The van der Waals surface area contributed by atoms with Crippen molar-refractivity contribution in [1.82, 2.24) is 9.78 Å².